The fraction of sp³-hybridized carbons (Fsp3) is 0.261. The fourth-order valence-corrected chi connectivity index (χ4v) is 4.10. The van der Waals surface area contributed by atoms with E-state index in [1.807, 2.05) is 0 Å². The largest absolute Gasteiger partial charge is 0.390 e. The number of nitrogens with zero attached hydrogens (tertiary/aromatic N) is 4. The van der Waals surface area contributed by atoms with Gasteiger partial charge in [0, 0.05) is 30.3 Å². The van der Waals surface area contributed by atoms with Crippen molar-refractivity contribution >= 4 is 28.3 Å². The van der Waals surface area contributed by atoms with Crippen LogP contribution in [0.5, 0.6) is 0 Å². The highest BCUT2D eigenvalue weighted by molar-refractivity contribution is 6.32. The van der Waals surface area contributed by atoms with Crippen molar-refractivity contribution in [2.75, 3.05) is 25.1 Å². The van der Waals surface area contributed by atoms with Crippen molar-refractivity contribution in [2.24, 2.45) is 5.92 Å². The monoisotopic (exact) mass is 469 g/mol. The van der Waals surface area contributed by atoms with E-state index in [2.05, 4.69) is 15.4 Å². The number of nitrogens with one attached hydrogen (secondary N) is 1. The van der Waals surface area contributed by atoms with E-state index in [0.717, 1.165) is 0 Å². The van der Waals surface area contributed by atoms with Gasteiger partial charge in [0.2, 0.25) is 0 Å². The van der Waals surface area contributed by atoms with E-state index in [-0.39, 0.29) is 23.8 Å². The van der Waals surface area contributed by atoms with Crippen molar-refractivity contribution in [3.63, 3.8) is 0 Å². The van der Waals surface area contributed by atoms with Crippen LogP contribution >= 0.6 is 11.6 Å². The summed E-state index contributed by atoms with van der Waals surface area (Å²) in [5.74, 6) is 0.163. The Hall–Kier alpha value is -3.27. The van der Waals surface area contributed by atoms with Gasteiger partial charge < -0.3 is 15.2 Å². The predicted octanol–water partition coefficient (Wildman–Crippen LogP) is 2.84. The third-order valence-electron chi connectivity index (χ3n) is 5.79. The number of hydrogen-bond donors (Lipinski definition) is 2. The number of fused-ring (bicyclic) bond motifs is 1. The minimum absolute atomic E-state index is 0.0368. The summed E-state index contributed by atoms with van der Waals surface area (Å²) in [6.07, 6.45) is 4.04. The van der Waals surface area contributed by atoms with E-state index in [0.29, 0.717) is 52.8 Å². The normalized spacial score (nSPS) is 18.2. The Morgan fingerprint density at radius 1 is 1.24 bits per heavy atom. The summed E-state index contributed by atoms with van der Waals surface area (Å²) in [4.78, 5) is 17.5. The zero-order chi connectivity index (χ0) is 22.9. The van der Waals surface area contributed by atoms with Gasteiger partial charge in [0.25, 0.3) is 5.56 Å². The molecule has 0 saturated carbocycles. The first-order chi connectivity index (χ1) is 16.0. The van der Waals surface area contributed by atoms with E-state index >= 15 is 0 Å². The molecule has 1 fully saturated rings. The highest BCUT2D eigenvalue weighted by atomic mass is 35.5. The zero-order valence-corrected chi connectivity index (χ0v) is 18.2. The second-order valence-electron chi connectivity index (χ2n) is 7.95. The third kappa shape index (κ3) is 4.22. The molecule has 4 heterocycles. The van der Waals surface area contributed by atoms with E-state index < -0.39 is 6.10 Å². The summed E-state index contributed by atoms with van der Waals surface area (Å²) in [5.41, 5.74) is 1.24. The van der Waals surface area contributed by atoms with Gasteiger partial charge in [-0.05, 0) is 12.1 Å². The zero-order valence-electron chi connectivity index (χ0n) is 17.5. The lowest BCUT2D eigenvalue weighted by atomic mass is 10.1. The third-order valence-corrected chi connectivity index (χ3v) is 6.08. The summed E-state index contributed by atoms with van der Waals surface area (Å²) >= 11 is 6.36. The minimum Gasteiger partial charge on any atom is -0.390 e. The van der Waals surface area contributed by atoms with Crippen LogP contribution in [-0.4, -0.2) is 50.3 Å². The molecule has 2 N–H and O–H groups in total. The van der Waals surface area contributed by atoms with Crippen molar-refractivity contribution in [2.45, 2.75) is 12.6 Å². The van der Waals surface area contributed by atoms with Gasteiger partial charge >= 0.3 is 0 Å². The molecular weight excluding hydrogens is 449 g/mol. The topological polar surface area (TPSA) is 94.2 Å². The molecule has 0 aliphatic carbocycles. The molecule has 170 valence electrons. The number of halogens is 2. The maximum Gasteiger partial charge on any atom is 0.266 e. The Bertz CT molecular complexity index is 1370. The maximum absolute atomic E-state index is 14.1. The molecule has 1 saturated heterocycles. The van der Waals surface area contributed by atoms with Gasteiger partial charge in [-0.3, -0.25) is 14.0 Å². The summed E-state index contributed by atoms with van der Waals surface area (Å²) in [6, 6.07) is 9.90. The molecule has 3 aromatic heterocycles. The Morgan fingerprint density at radius 3 is 2.88 bits per heavy atom. The molecule has 8 nitrogen and oxygen atoms in total. The molecule has 33 heavy (non-hydrogen) atoms. The number of hydrogen-bond acceptors (Lipinski definition) is 6. The first-order valence-corrected chi connectivity index (χ1v) is 10.9. The molecule has 4 aromatic rings. The minimum atomic E-state index is -0.518. The van der Waals surface area contributed by atoms with Crippen LogP contribution in [0.15, 0.2) is 59.8 Å². The van der Waals surface area contributed by atoms with Gasteiger partial charge in [0.05, 0.1) is 59.9 Å². The van der Waals surface area contributed by atoms with Gasteiger partial charge in [-0.2, -0.15) is 5.10 Å². The van der Waals surface area contributed by atoms with Crippen molar-refractivity contribution in [3.8, 4) is 5.69 Å². The van der Waals surface area contributed by atoms with Gasteiger partial charge in [-0.25, -0.2) is 9.37 Å². The molecule has 0 bridgehead atoms. The SMILES string of the molecule is O=c1c2cnn(Cc3ccccc3F)c2ccn1-c1cc(NCC2COC[C@H]2O)ncc1Cl. The Labute approximate surface area is 193 Å². The summed E-state index contributed by atoms with van der Waals surface area (Å²) in [6.45, 7) is 1.49. The lowest BCUT2D eigenvalue weighted by Gasteiger charge is -2.15. The van der Waals surface area contributed by atoms with Gasteiger partial charge in [-0.1, -0.05) is 29.8 Å². The number of aliphatic hydroxyl groups excluding tert-OH is 1. The number of aromatic nitrogens is 4. The molecule has 1 unspecified atom stereocenters. The Kier molecular flexibility index (Phi) is 5.84. The van der Waals surface area contributed by atoms with Gasteiger partial charge in [0.15, 0.2) is 0 Å². The summed E-state index contributed by atoms with van der Waals surface area (Å²) in [5, 5.41) is 18.1. The van der Waals surface area contributed by atoms with Crippen molar-refractivity contribution in [1.29, 1.82) is 0 Å². The van der Waals surface area contributed by atoms with Gasteiger partial charge in [-0.15, -0.1) is 0 Å². The molecular formula is C23H21ClFN5O3. The fourth-order valence-electron chi connectivity index (χ4n) is 3.91. The van der Waals surface area contributed by atoms with E-state index in [4.69, 9.17) is 16.3 Å². The molecule has 0 radical (unpaired) electrons. The smallest absolute Gasteiger partial charge is 0.266 e. The number of pyridine rings is 2. The Morgan fingerprint density at radius 2 is 2.09 bits per heavy atom. The average molecular weight is 470 g/mol. The lowest BCUT2D eigenvalue weighted by molar-refractivity contribution is 0.120. The van der Waals surface area contributed by atoms with Crippen LogP contribution in [0.25, 0.3) is 16.6 Å². The van der Waals surface area contributed by atoms with Crippen LogP contribution < -0.4 is 10.9 Å². The maximum atomic E-state index is 14.1. The van der Waals surface area contributed by atoms with Crippen molar-refractivity contribution in [3.05, 3.63) is 81.7 Å². The van der Waals surface area contributed by atoms with Crippen LogP contribution in [0.3, 0.4) is 0 Å². The molecule has 1 aliphatic rings. The molecule has 1 aliphatic heterocycles. The first-order valence-electron chi connectivity index (χ1n) is 10.5. The highest BCUT2D eigenvalue weighted by Gasteiger charge is 2.26. The molecule has 5 rings (SSSR count). The van der Waals surface area contributed by atoms with Crippen molar-refractivity contribution in [1.82, 2.24) is 19.3 Å². The van der Waals surface area contributed by atoms with Crippen molar-refractivity contribution < 1.29 is 14.2 Å². The summed E-state index contributed by atoms with van der Waals surface area (Å²) in [7, 11) is 0. The molecule has 10 heteroatoms. The predicted molar refractivity (Wildman–Crippen MR) is 122 cm³/mol. The number of rotatable bonds is 6. The lowest BCUT2D eigenvalue weighted by Crippen LogP contribution is -2.25. The number of benzene rings is 1. The van der Waals surface area contributed by atoms with Crippen LogP contribution in [0.1, 0.15) is 5.56 Å². The van der Waals surface area contributed by atoms with E-state index in [1.54, 1.807) is 41.2 Å². The first kappa shape index (κ1) is 21.6. The van der Waals surface area contributed by atoms with E-state index in [9.17, 15) is 14.3 Å². The molecule has 1 aromatic carbocycles. The van der Waals surface area contributed by atoms with Gasteiger partial charge in [0.1, 0.15) is 11.6 Å². The molecule has 0 amide bonds. The summed E-state index contributed by atoms with van der Waals surface area (Å²) < 4.78 is 22.3. The molecule has 0 spiro atoms. The Balaban J connectivity index is 1.44. The highest BCUT2D eigenvalue weighted by Crippen LogP contribution is 2.23. The molecule has 2 atom stereocenters. The van der Waals surface area contributed by atoms with Crippen LogP contribution in [-0.2, 0) is 11.3 Å². The number of ether oxygens (including phenoxy) is 1. The van der Waals surface area contributed by atoms with Crippen LogP contribution in [0.4, 0.5) is 10.2 Å². The standard InChI is InChI=1S/C23H21ClFN5O3/c24-17-10-27-22(26-8-15-12-33-13-21(15)31)7-20(17)29-6-5-19-16(23(29)32)9-28-30(19)11-14-3-1-2-4-18(14)25/h1-7,9-10,15,21,31H,8,11-13H2,(H,26,27)/t15?,21-/m1/s1. The second kappa shape index (κ2) is 8.93. The van der Waals surface area contributed by atoms with Crippen LogP contribution in [0, 0.1) is 11.7 Å². The quantitative estimate of drug-likeness (QED) is 0.451. The van der Waals surface area contributed by atoms with Crippen LogP contribution in [0.2, 0.25) is 5.02 Å². The number of aliphatic hydroxyl groups is 1. The second-order valence-corrected chi connectivity index (χ2v) is 8.36. The average Bonchev–Trinajstić information content (AvgIpc) is 3.42. The van der Waals surface area contributed by atoms with E-state index in [1.165, 1.54) is 23.0 Å². The number of anilines is 1.